The van der Waals surface area contributed by atoms with Gasteiger partial charge in [0, 0.05) is 12.2 Å². The second-order valence-electron chi connectivity index (χ2n) is 4.39. The van der Waals surface area contributed by atoms with E-state index in [1.54, 1.807) is 0 Å². The minimum absolute atomic E-state index is 0.0973. The molecule has 0 aliphatic heterocycles. The van der Waals surface area contributed by atoms with Crippen LogP contribution in [0.2, 0.25) is 0 Å². The molecule has 2 nitrogen and oxygen atoms in total. The molecule has 1 unspecified atom stereocenters. The molecule has 0 aromatic heterocycles. The van der Waals surface area contributed by atoms with E-state index in [1.165, 1.54) is 22.4 Å². The van der Waals surface area contributed by atoms with E-state index in [0.29, 0.717) is 0 Å². The number of rotatable bonds is 4. The number of hydrogen-bond acceptors (Lipinski definition) is 2. The van der Waals surface area contributed by atoms with Gasteiger partial charge < -0.3 is 5.32 Å². The zero-order valence-electron chi connectivity index (χ0n) is 10.6. The summed E-state index contributed by atoms with van der Waals surface area (Å²) in [7, 11) is 0. The zero-order valence-corrected chi connectivity index (χ0v) is 10.6. The number of hydrogen-bond donors (Lipinski definition) is 1. The van der Waals surface area contributed by atoms with Crippen LogP contribution in [0.5, 0.6) is 0 Å². The number of nitrogens with one attached hydrogen (secondary N) is 1. The second kappa shape index (κ2) is 5.55. The summed E-state index contributed by atoms with van der Waals surface area (Å²) in [5.41, 5.74) is 4.97. The lowest BCUT2D eigenvalue weighted by atomic mass is 10.0. The van der Waals surface area contributed by atoms with Gasteiger partial charge >= 0.3 is 0 Å². The maximum absolute atomic E-state index is 8.90. The number of nitriles is 1. The van der Waals surface area contributed by atoms with Crippen LogP contribution in [0, 0.1) is 38.0 Å². The van der Waals surface area contributed by atoms with Gasteiger partial charge in [0.2, 0.25) is 0 Å². The summed E-state index contributed by atoms with van der Waals surface area (Å²) in [5.74, 6) is 0.0973. The first-order valence-electron chi connectivity index (χ1n) is 5.79. The van der Waals surface area contributed by atoms with E-state index in [-0.39, 0.29) is 5.92 Å². The highest BCUT2D eigenvalue weighted by molar-refractivity contribution is 5.58. The third-order valence-electron chi connectivity index (χ3n) is 2.88. The number of benzene rings is 1. The smallest absolute Gasteiger partial charge is 0.0674 e. The fourth-order valence-electron chi connectivity index (χ4n) is 1.97. The van der Waals surface area contributed by atoms with Crippen LogP contribution < -0.4 is 5.32 Å². The molecule has 1 aromatic rings. The van der Waals surface area contributed by atoms with E-state index in [4.69, 9.17) is 5.26 Å². The van der Waals surface area contributed by atoms with Gasteiger partial charge in [-0.05, 0) is 38.3 Å². The Morgan fingerprint density at radius 3 is 2.25 bits per heavy atom. The summed E-state index contributed by atoms with van der Waals surface area (Å²) >= 11 is 0. The molecule has 1 N–H and O–H groups in total. The van der Waals surface area contributed by atoms with Gasteiger partial charge in [0.1, 0.15) is 0 Å². The Labute approximate surface area is 98.3 Å². The van der Waals surface area contributed by atoms with Crippen molar-refractivity contribution in [3.8, 4) is 6.07 Å². The molecule has 1 rings (SSSR count). The van der Waals surface area contributed by atoms with Gasteiger partial charge in [-0.1, -0.05) is 24.6 Å². The molecular formula is C14H20N2. The van der Waals surface area contributed by atoms with Crippen molar-refractivity contribution in [2.75, 3.05) is 11.9 Å². The van der Waals surface area contributed by atoms with E-state index in [0.717, 1.165) is 13.0 Å². The summed E-state index contributed by atoms with van der Waals surface area (Å²) in [6.45, 7) is 9.10. The Kier molecular flexibility index (Phi) is 4.37. The lowest BCUT2D eigenvalue weighted by Crippen LogP contribution is -2.13. The van der Waals surface area contributed by atoms with Crippen molar-refractivity contribution in [3.05, 3.63) is 28.8 Å². The van der Waals surface area contributed by atoms with E-state index < -0.39 is 0 Å². The van der Waals surface area contributed by atoms with Crippen LogP contribution in [0.3, 0.4) is 0 Å². The lowest BCUT2D eigenvalue weighted by Gasteiger charge is -2.15. The van der Waals surface area contributed by atoms with E-state index in [9.17, 15) is 0 Å². The minimum atomic E-state index is 0.0973. The third kappa shape index (κ3) is 3.00. The zero-order chi connectivity index (χ0) is 12.1. The molecule has 1 aromatic carbocycles. The van der Waals surface area contributed by atoms with E-state index in [1.807, 2.05) is 6.92 Å². The molecule has 2 heteroatoms. The predicted molar refractivity (Wildman–Crippen MR) is 68.5 cm³/mol. The molecule has 0 heterocycles. The summed E-state index contributed by atoms with van der Waals surface area (Å²) in [6, 6.07) is 6.65. The molecule has 0 aliphatic carbocycles. The maximum atomic E-state index is 8.90. The molecular weight excluding hydrogens is 196 g/mol. The lowest BCUT2D eigenvalue weighted by molar-refractivity contribution is 0.673. The monoisotopic (exact) mass is 216 g/mol. The fraction of sp³-hybridized carbons (Fsp3) is 0.500. The molecule has 0 radical (unpaired) electrons. The highest BCUT2D eigenvalue weighted by atomic mass is 14.9. The minimum Gasteiger partial charge on any atom is -0.383 e. The van der Waals surface area contributed by atoms with Crippen LogP contribution in [0.15, 0.2) is 12.1 Å². The first kappa shape index (κ1) is 12.6. The molecule has 0 amide bonds. The normalized spacial score (nSPS) is 11.9. The van der Waals surface area contributed by atoms with Crippen molar-refractivity contribution in [1.29, 1.82) is 5.26 Å². The van der Waals surface area contributed by atoms with Crippen molar-refractivity contribution in [2.45, 2.75) is 34.1 Å². The van der Waals surface area contributed by atoms with Gasteiger partial charge in [0.05, 0.1) is 12.0 Å². The summed E-state index contributed by atoms with van der Waals surface area (Å²) < 4.78 is 0. The average Bonchev–Trinajstić information content (AvgIpc) is 2.22. The topological polar surface area (TPSA) is 35.8 Å². The molecule has 1 atom stereocenters. The molecule has 86 valence electrons. The standard InChI is InChI=1S/C14H20N2/c1-5-13(8-15)9-16-14-11(3)6-10(2)7-12(14)4/h6-7,13,16H,5,9H2,1-4H3. The SMILES string of the molecule is CCC(C#N)CNc1c(C)cc(C)cc1C. The molecule has 0 aliphatic rings. The Hall–Kier alpha value is -1.49. The predicted octanol–water partition coefficient (Wildman–Crippen LogP) is 3.57. The fourth-order valence-corrected chi connectivity index (χ4v) is 1.97. The second-order valence-corrected chi connectivity index (χ2v) is 4.39. The van der Waals surface area contributed by atoms with E-state index >= 15 is 0 Å². The summed E-state index contributed by atoms with van der Waals surface area (Å²) in [6.07, 6.45) is 0.896. The van der Waals surface area contributed by atoms with Crippen LogP contribution >= 0.6 is 0 Å². The highest BCUT2D eigenvalue weighted by Crippen LogP contribution is 2.22. The van der Waals surface area contributed by atoms with Crippen LogP contribution in [0.25, 0.3) is 0 Å². The summed E-state index contributed by atoms with van der Waals surface area (Å²) in [4.78, 5) is 0. The van der Waals surface area contributed by atoms with E-state index in [2.05, 4.69) is 44.3 Å². The van der Waals surface area contributed by atoms with Gasteiger partial charge in [-0.25, -0.2) is 0 Å². The Morgan fingerprint density at radius 1 is 1.25 bits per heavy atom. The van der Waals surface area contributed by atoms with Gasteiger partial charge in [-0.3, -0.25) is 0 Å². The highest BCUT2D eigenvalue weighted by Gasteiger charge is 2.07. The molecule has 16 heavy (non-hydrogen) atoms. The Balaban J connectivity index is 2.79. The van der Waals surface area contributed by atoms with Crippen molar-refractivity contribution in [2.24, 2.45) is 5.92 Å². The van der Waals surface area contributed by atoms with Crippen LogP contribution in [-0.2, 0) is 0 Å². The number of aryl methyl sites for hydroxylation is 3. The van der Waals surface area contributed by atoms with Crippen LogP contribution in [-0.4, -0.2) is 6.54 Å². The Morgan fingerprint density at radius 2 is 1.81 bits per heavy atom. The van der Waals surface area contributed by atoms with Crippen LogP contribution in [0.1, 0.15) is 30.0 Å². The van der Waals surface area contributed by atoms with Crippen molar-refractivity contribution < 1.29 is 0 Å². The van der Waals surface area contributed by atoms with Gasteiger partial charge in [-0.15, -0.1) is 0 Å². The van der Waals surface area contributed by atoms with Crippen LogP contribution in [0.4, 0.5) is 5.69 Å². The van der Waals surface area contributed by atoms with Gasteiger partial charge in [0.15, 0.2) is 0 Å². The largest absolute Gasteiger partial charge is 0.383 e. The van der Waals surface area contributed by atoms with Gasteiger partial charge in [0.25, 0.3) is 0 Å². The first-order valence-corrected chi connectivity index (χ1v) is 5.79. The summed E-state index contributed by atoms with van der Waals surface area (Å²) in [5, 5.41) is 12.3. The molecule has 0 spiro atoms. The first-order chi connectivity index (χ1) is 7.58. The number of anilines is 1. The number of nitrogens with zero attached hydrogens (tertiary/aromatic N) is 1. The van der Waals surface area contributed by atoms with Crippen molar-refractivity contribution in [3.63, 3.8) is 0 Å². The third-order valence-corrected chi connectivity index (χ3v) is 2.88. The maximum Gasteiger partial charge on any atom is 0.0674 e. The molecule has 0 saturated carbocycles. The van der Waals surface area contributed by atoms with Crippen molar-refractivity contribution >= 4 is 5.69 Å². The quantitative estimate of drug-likeness (QED) is 0.835. The van der Waals surface area contributed by atoms with Crippen molar-refractivity contribution in [1.82, 2.24) is 0 Å². The van der Waals surface area contributed by atoms with Gasteiger partial charge in [-0.2, -0.15) is 5.26 Å². The molecule has 0 saturated heterocycles. The average molecular weight is 216 g/mol. The molecule has 0 fully saturated rings. The Bertz CT molecular complexity index is 379. The molecule has 0 bridgehead atoms.